The van der Waals surface area contributed by atoms with Crippen LogP contribution in [0.3, 0.4) is 0 Å². The number of aliphatic hydroxyl groups is 1. The van der Waals surface area contributed by atoms with E-state index in [0.29, 0.717) is 5.56 Å². The molecule has 0 aromatic heterocycles. The summed E-state index contributed by atoms with van der Waals surface area (Å²) in [7, 11) is 2.86. The van der Waals surface area contributed by atoms with Gasteiger partial charge in [-0.25, -0.2) is 0 Å². The van der Waals surface area contributed by atoms with E-state index < -0.39 is 64.8 Å². The molecule has 3 aliphatic heterocycles. The highest BCUT2D eigenvalue weighted by atomic mass is 16.6. The number of fused-ring (bicyclic) bond motifs is 3. The van der Waals surface area contributed by atoms with E-state index >= 15 is 0 Å². The highest BCUT2D eigenvalue weighted by molar-refractivity contribution is 6.29. The molecule has 34 heavy (non-hydrogen) atoms. The van der Waals surface area contributed by atoms with Crippen LogP contribution in [0.2, 0.25) is 0 Å². The molecule has 10 heteroatoms. The zero-order valence-electron chi connectivity index (χ0n) is 19.3. The number of hydrogen-bond donors (Lipinski definition) is 2. The van der Waals surface area contributed by atoms with Crippen LogP contribution in [-0.4, -0.2) is 83.1 Å². The average Bonchev–Trinajstić information content (AvgIpc) is 3.11. The standard InChI is InChI=1S/C24H27NO9/c1-9-17-20(24-15(32-9)8-16(27)34-24)23(30)18-11(5-6-13(26)19(18)22(17)29)14-7-12(25(3,4)31)21(28)10(2)33-14/h5-6,9-10,12,14-15,21,24,26,28H,7-8H2,1-4H3/t9-,10-,12-,14-,15-,21-,24+/m1/s1. The molecule has 1 aromatic rings. The van der Waals surface area contributed by atoms with Gasteiger partial charge in [-0.15, -0.1) is 0 Å². The molecule has 0 bridgehead atoms. The number of rotatable bonds is 2. The molecule has 2 fully saturated rings. The topological polar surface area (TPSA) is 142 Å². The maximum absolute atomic E-state index is 13.9. The summed E-state index contributed by atoms with van der Waals surface area (Å²) in [4.78, 5) is 39.4. The Kier molecular flexibility index (Phi) is 5.23. The minimum Gasteiger partial charge on any atom is -0.633 e. The summed E-state index contributed by atoms with van der Waals surface area (Å²) in [6.07, 6.45) is -4.85. The van der Waals surface area contributed by atoms with Crippen molar-refractivity contribution >= 4 is 17.5 Å². The number of esters is 1. The molecule has 0 radical (unpaired) electrons. The number of likely N-dealkylation sites (N-methyl/N-ethyl adjacent to an activating group) is 1. The highest BCUT2D eigenvalue weighted by Crippen LogP contribution is 2.46. The van der Waals surface area contributed by atoms with Crippen molar-refractivity contribution < 1.29 is 43.5 Å². The first-order valence-corrected chi connectivity index (χ1v) is 11.3. The fourth-order valence-electron chi connectivity index (χ4n) is 5.67. The number of hydroxylamine groups is 3. The lowest BCUT2D eigenvalue weighted by Gasteiger charge is -2.49. The number of hydrogen-bond acceptors (Lipinski definition) is 9. The third-order valence-corrected chi connectivity index (χ3v) is 7.34. The van der Waals surface area contributed by atoms with Gasteiger partial charge in [0.15, 0.2) is 17.7 Å². The van der Waals surface area contributed by atoms with Gasteiger partial charge in [0.1, 0.15) is 24.0 Å². The van der Waals surface area contributed by atoms with E-state index in [1.807, 2.05) is 0 Å². The minimum absolute atomic E-state index is 0.0215. The van der Waals surface area contributed by atoms with Gasteiger partial charge < -0.3 is 34.3 Å². The van der Waals surface area contributed by atoms with Gasteiger partial charge in [-0.1, -0.05) is 6.07 Å². The number of phenols is 1. The van der Waals surface area contributed by atoms with Crippen LogP contribution in [0, 0.1) is 5.21 Å². The SMILES string of the molecule is C[C@H]1O[C@@H]2CC(=O)O[C@@H]2C2=C1C(=O)c1c(O)ccc([C@H]3C[C@@H]([N+](C)(C)[O-])[C@H](O)[C@@H](C)O3)c1C2=O. The lowest BCUT2D eigenvalue weighted by Crippen LogP contribution is -2.57. The summed E-state index contributed by atoms with van der Waals surface area (Å²) < 4.78 is 16.4. The summed E-state index contributed by atoms with van der Waals surface area (Å²) in [5.41, 5.74) is 0.302. The van der Waals surface area contributed by atoms with Gasteiger partial charge in [0, 0.05) is 17.6 Å². The maximum Gasteiger partial charge on any atom is 0.309 e. The van der Waals surface area contributed by atoms with Crippen LogP contribution in [0.1, 0.15) is 59.1 Å². The minimum atomic E-state index is -1.02. The Morgan fingerprint density at radius 2 is 1.71 bits per heavy atom. The second-order valence-electron chi connectivity index (χ2n) is 9.90. The number of carbonyl (C=O) groups excluding carboxylic acids is 3. The van der Waals surface area contributed by atoms with Crippen molar-refractivity contribution in [1.82, 2.24) is 0 Å². The normalized spacial score (nSPS) is 35.6. The number of quaternary nitrogens is 1. The van der Waals surface area contributed by atoms with E-state index in [2.05, 4.69) is 0 Å². The number of phenolic OH excluding ortho intramolecular Hbond substituents is 1. The van der Waals surface area contributed by atoms with E-state index in [9.17, 15) is 29.8 Å². The van der Waals surface area contributed by atoms with Crippen molar-refractivity contribution in [2.24, 2.45) is 0 Å². The average molecular weight is 473 g/mol. The second kappa shape index (κ2) is 7.69. The molecule has 2 saturated heterocycles. The van der Waals surface area contributed by atoms with Gasteiger partial charge in [0.05, 0.1) is 50.0 Å². The summed E-state index contributed by atoms with van der Waals surface area (Å²) in [5, 5.41) is 33.9. The van der Waals surface area contributed by atoms with Gasteiger partial charge in [-0.2, -0.15) is 0 Å². The Morgan fingerprint density at radius 1 is 1.03 bits per heavy atom. The van der Waals surface area contributed by atoms with Crippen molar-refractivity contribution in [2.45, 2.75) is 69.4 Å². The molecule has 0 saturated carbocycles. The Hall–Kier alpha value is -2.63. The van der Waals surface area contributed by atoms with Crippen LogP contribution in [0.25, 0.3) is 0 Å². The summed E-state index contributed by atoms with van der Waals surface area (Å²) in [6.45, 7) is 3.26. The smallest absolute Gasteiger partial charge is 0.309 e. The molecule has 4 aliphatic rings. The van der Waals surface area contributed by atoms with Gasteiger partial charge >= 0.3 is 5.97 Å². The zero-order chi connectivity index (χ0) is 24.7. The number of nitrogens with zero attached hydrogens (tertiary/aromatic N) is 1. The Bertz CT molecular complexity index is 1130. The molecule has 1 aliphatic carbocycles. The first-order chi connectivity index (χ1) is 15.9. The quantitative estimate of drug-likeness (QED) is 0.369. The van der Waals surface area contributed by atoms with Crippen molar-refractivity contribution in [2.75, 3.05) is 14.1 Å². The second-order valence-corrected chi connectivity index (χ2v) is 9.90. The van der Waals surface area contributed by atoms with Gasteiger partial charge in [-0.3, -0.25) is 14.4 Å². The lowest BCUT2D eigenvalue weighted by molar-refractivity contribution is -0.874. The molecule has 3 heterocycles. The molecule has 7 atom stereocenters. The Morgan fingerprint density at radius 3 is 2.38 bits per heavy atom. The number of benzene rings is 1. The summed E-state index contributed by atoms with van der Waals surface area (Å²) in [6, 6.07) is 2.09. The number of Topliss-reactive ketones (excluding diaryl/α,β-unsaturated/α-hetero) is 2. The Balaban J connectivity index is 1.64. The highest BCUT2D eigenvalue weighted by Gasteiger charge is 2.52. The molecule has 0 unspecified atom stereocenters. The zero-order valence-corrected chi connectivity index (χ0v) is 19.3. The van der Waals surface area contributed by atoms with Crippen molar-refractivity contribution in [3.05, 3.63) is 45.2 Å². The predicted octanol–water partition coefficient (Wildman–Crippen LogP) is 1.32. The fourth-order valence-corrected chi connectivity index (χ4v) is 5.67. The maximum atomic E-state index is 13.9. The molecule has 10 nitrogen and oxygen atoms in total. The van der Waals surface area contributed by atoms with E-state index in [-0.39, 0.29) is 40.9 Å². The third-order valence-electron chi connectivity index (χ3n) is 7.34. The van der Waals surface area contributed by atoms with Crippen LogP contribution in [0.5, 0.6) is 5.75 Å². The number of aromatic hydroxyl groups is 1. The van der Waals surface area contributed by atoms with E-state index in [1.165, 1.54) is 26.2 Å². The van der Waals surface area contributed by atoms with Crippen LogP contribution < -0.4 is 0 Å². The summed E-state index contributed by atoms with van der Waals surface area (Å²) >= 11 is 0. The molecule has 1 aromatic carbocycles. The molecule has 182 valence electrons. The third kappa shape index (κ3) is 3.32. The number of carbonyl (C=O) groups is 3. The van der Waals surface area contributed by atoms with E-state index in [1.54, 1.807) is 13.8 Å². The number of ketones is 2. The van der Waals surface area contributed by atoms with Gasteiger partial charge in [-0.05, 0) is 25.5 Å². The van der Waals surface area contributed by atoms with Crippen molar-refractivity contribution in [1.29, 1.82) is 0 Å². The van der Waals surface area contributed by atoms with E-state index in [4.69, 9.17) is 14.2 Å². The molecule has 0 spiro atoms. The largest absolute Gasteiger partial charge is 0.633 e. The summed E-state index contributed by atoms with van der Waals surface area (Å²) in [5.74, 6) is -1.99. The molecule has 5 rings (SSSR count). The van der Waals surface area contributed by atoms with Crippen molar-refractivity contribution in [3.63, 3.8) is 0 Å². The first-order valence-electron chi connectivity index (χ1n) is 11.3. The predicted molar refractivity (Wildman–Crippen MR) is 116 cm³/mol. The van der Waals surface area contributed by atoms with Crippen molar-refractivity contribution in [3.8, 4) is 5.75 Å². The molecular weight excluding hydrogens is 446 g/mol. The van der Waals surface area contributed by atoms with Crippen LogP contribution in [-0.2, 0) is 19.0 Å². The fraction of sp³-hybridized carbons (Fsp3) is 0.542. The molecule has 2 N–H and O–H groups in total. The molecule has 0 amide bonds. The van der Waals surface area contributed by atoms with E-state index in [0.717, 1.165) is 0 Å². The van der Waals surface area contributed by atoms with Gasteiger partial charge in [0.25, 0.3) is 0 Å². The molecular formula is C24H27NO9. The number of ether oxygens (including phenoxy) is 3. The first kappa shape index (κ1) is 23.1. The monoisotopic (exact) mass is 473 g/mol. The number of aliphatic hydroxyl groups excluding tert-OH is 1. The van der Waals surface area contributed by atoms with Crippen LogP contribution in [0.4, 0.5) is 0 Å². The lowest BCUT2D eigenvalue weighted by atomic mass is 9.74. The van der Waals surface area contributed by atoms with Gasteiger partial charge in [0.2, 0.25) is 0 Å². The Labute approximate surface area is 195 Å². The van der Waals surface area contributed by atoms with Crippen LogP contribution in [0.15, 0.2) is 23.3 Å². The van der Waals surface area contributed by atoms with Crippen LogP contribution >= 0.6 is 0 Å².